The molecule has 3 rings (SSSR count). The molecule has 0 aliphatic rings. The van der Waals surface area contributed by atoms with Crippen LogP contribution in [0.4, 0.5) is 0 Å². The van der Waals surface area contributed by atoms with Gasteiger partial charge in [0.05, 0.1) is 17.7 Å². The van der Waals surface area contributed by atoms with Gasteiger partial charge >= 0.3 is 0 Å². The lowest BCUT2D eigenvalue weighted by Gasteiger charge is -2.24. The molecule has 0 heterocycles. The number of amides is 1. The molecule has 0 aliphatic heterocycles. The van der Waals surface area contributed by atoms with Crippen molar-refractivity contribution in [3.8, 4) is 5.75 Å². The number of rotatable bonds is 8. The molecule has 0 saturated heterocycles. The van der Waals surface area contributed by atoms with Crippen molar-refractivity contribution >= 4 is 33.7 Å². The van der Waals surface area contributed by atoms with Gasteiger partial charge in [-0.3, -0.25) is 4.79 Å². The molecule has 7 nitrogen and oxygen atoms in total. The fourth-order valence-corrected chi connectivity index (χ4v) is 5.62. The van der Waals surface area contributed by atoms with Gasteiger partial charge in [-0.05, 0) is 67.3 Å². The number of phenolic OH excluding ortho intramolecular Hbond substituents is 1. The Labute approximate surface area is 204 Å². The molecule has 0 atom stereocenters. The summed E-state index contributed by atoms with van der Waals surface area (Å²) >= 11 is 5.96. The van der Waals surface area contributed by atoms with E-state index in [1.807, 2.05) is 6.92 Å². The van der Waals surface area contributed by atoms with Crippen molar-refractivity contribution in [2.24, 2.45) is 5.10 Å². The Hall–Kier alpha value is -3.20. The molecule has 0 aromatic heterocycles. The number of hydrazone groups is 1. The van der Waals surface area contributed by atoms with Gasteiger partial charge in [-0.1, -0.05) is 53.6 Å². The van der Waals surface area contributed by atoms with E-state index in [-0.39, 0.29) is 17.2 Å². The summed E-state index contributed by atoms with van der Waals surface area (Å²) in [6.07, 6.45) is 1.37. The van der Waals surface area contributed by atoms with Crippen molar-refractivity contribution in [1.82, 2.24) is 9.73 Å². The Morgan fingerprint density at radius 2 is 1.71 bits per heavy atom. The minimum atomic E-state index is -4.01. The molecule has 3 aromatic carbocycles. The standard InChI is InChI=1S/C25H26ClN3O4S/c1-17-11-18(2)25(19(3)12-17)34(32,33)29(15-20-7-9-22(26)10-8-20)16-24(31)28-27-14-21-5-4-6-23(30)13-21/h4-14,30H,15-16H2,1-3H3,(H,28,31)/b27-14+. The summed E-state index contributed by atoms with van der Waals surface area (Å²) in [5.41, 5.74) is 5.81. The molecule has 0 radical (unpaired) electrons. The van der Waals surface area contributed by atoms with Gasteiger partial charge in [-0.25, -0.2) is 13.8 Å². The van der Waals surface area contributed by atoms with E-state index in [1.165, 1.54) is 18.3 Å². The average molecular weight is 500 g/mol. The van der Waals surface area contributed by atoms with E-state index in [1.54, 1.807) is 62.4 Å². The predicted octanol–water partition coefficient (Wildman–Crippen LogP) is 4.31. The normalized spacial score (nSPS) is 11.8. The number of aryl methyl sites for hydroxylation is 3. The largest absolute Gasteiger partial charge is 0.508 e. The molecule has 1 amide bonds. The van der Waals surface area contributed by atoms with Gasteiger partial charge in [0, 0.05) is 11.6 Å². The second-order valence-electron chi connectivity index (χ2n) is 8.02. The number of nitrogens with zero attached hydrogens (tertiary/aromatic N) is 2. The van der Waals surface area contributed by atoms with Crippen LogP contribution in [0.15, 0.2) is 70.7 Å². The first-order valence-corrected chi connectivity index (χ1v) is 12.3. The molecule has 0 spiro atoms. The molecule has 3 aromatic rings. The van der Waals surface area contributed by atoms with Crippen molar-refractivity contribution in [1.29, 1.82) is 0 Å². The average Bonchev–Trinajstić information content (AvgIpc) is 2.74. The van der Waals surface area contributed by atoms with Crippen molar-refractivity contribution in [2.75, 3.05) is 6.54 Å². The molecule has 34 heavy (non-hydrogen) atoms. The summed E-state index contributed by atoms with van der Waals surface area (Å²) in [7, 11) is -4.01. The highest BCUT2D eigenvalue weighted by Gasteiger charge is 2.30. The third-order valence-electron chi connectivity index (χ3n) is 5.07. The number of aromatic hydroxyl groups is 1. The SMILES string of the molecule is Cc1cc(C)c(S(=O)(=O)N(CC(=O)N/N=C/c2cccc(O)c2)Cc2ccc(Cl)cc2)c(C)c1. The highest BCUT2D eigenvalue weighted by Crippen LogP contribution is 2.26. The number of hydrogen-bond donors (Lipinski definition) is 2. The fraction of sp³-hybridized carbons (Fsp3) is 0.200. The van der Waals surface area contributed by atoms with Gasteiger partial charge < -0.3 is 5.11 Å². The first-order chi connectivity index (χ1) is 16.1. The zero-order chi connectivity index (χ0) is 24.9. The van der Waals surface area contributed by atoms with Crippen molar-refractivity contribution in [3.05, 3.63) is 93.5 Å². The number of benzene rings is 3. The first-order valence-electron chi connectivity index (χ1n) is 10.5. The minimum absolute atomic E-state index is 0.0179. The third kappa shape index (κ3) is 6.44. The van der Waals surface area contributed by atoms with Gasteiger partial charge in [-0.2, -0.15) is 9.41 Å². The van der Waals surface area contributed by atoms with Crippen LogP contribution in [-0.2, 0) is 21.4 Å². The highest BCUT2D eigenvalue weighted by atomic mass is 35.5. The van der Waals surface area contributed by atoms with E-state index in [0.717, 1.165) is 9.87 Å². The van der Waals surface area contributed by atoms with E-state index in [4.69, 9.17) is 11.6 Å². The fourth-order valence-electron chi connectivity index (χ4n) is 3.70. The Morgan fingerprint density at radius 3 is 2.32 bits per heavy atom. The summed E-state index contributed by atoms with van der Waals surface area (Å²) in [5, 5.41) is 13.9. The van der Waals surface area contributed by atoms with Crippen LogP contribution in [-0.4, -0.2) is 36.5 Å². The van der Waals surface area contributed by atoms with E-state index in [2.05, 4.69) is 10.5 Å². The van der Waals surface area contributed by atoms with Crippen LogP contribution >= 0.6 is 11.6 Å². The van der Waals surface area contributed by atoms with Crippen LogP contribution in [0.5, 0.6) is 5.75 Å². The van der Waals surface area contributed by atoms with E-state index in [9.17, 15) is 18.3 Å². The maximum atomic E-state index is 13.7. The molecule has 0 aliphatic carbocycles. The lowest BCUT2D eigenvalue weighted by Crippen LogP contribution is -2.39. The van der Waals surface area contributed by atoms with Crippen LogP contribution in [0, 0.1) is 20.8 Å². The van der Waals surface area contributed by atoms with E-state index < -0.39 is 22.5 Å². The Bertz CT molecular complexity index is 1300. The Morgan fingerprint density at radius 1 is 1.06 bits per heavy atom. The number of phenols is 1. The monoisotopic (exact) mass is 499 g/mol. The number of carbonyl (C=O) groups is 1. The summed E-state index contributed by atoms with van der Waals surface area (Å²) < 4.78 is 28.5. The van der Waals surface area contributed by atoms with Crippen molar-refractivity contribution in [3.63, 3.8) is 0 Å². The summed E-state index contributed by atoms with van der Waals surface area (Å²) in [6.45, 7) is 4.94. The molecule has 0 unspecified atom stereocenters. The van der Waals surface area contributed by atoms with Gasteiger partial charge in [0.15, 0.2) is 0 Å². The quantitative estimate of drug-likeness (QED) is 0.356. The second-order valence-corrected chi connectivity index (χ2v) is 10.3. The number of hydrogen-bond acceptors (Lipinski definition) is 5. The summed E-state index contributed by atoms with van der Waals surface area (Å²) in [4.78, 5) is 12.8. The zero-order valence-corrected chi connectivity index (χ0v) is 20.7. The van der Waals surface area contributed by atoms with Crippen LogP contribution < -0.4 is 5.43 Å². The van der Waals surface area contributed by atoms with Gasteiger partial charge in [0.2, 0.25) is 10.0 Å². The lowest BCUT2D eigenvalue weighted by atomic mass is 10.1. The zero-order valence-electron chi connectivity index (χ0n) is 19.1. The van der Waals surface area contributed by atoms with Crippen molar-refractivity contribution in [2.45, 2.75) is 32.2 Å². The molecule has 0 bridgehead atoms. The second kappa shape index (κ2) is 10.8. The number of halogens is 1. The van der Waals surface area contributed by atoms with Gasteiger partial charge in [0.25, 0.3) is 5.91 Å². The molecular weight excluding hydrogens is 474 g/mol. The Balaban J connectivity index is 1.87. The highest BCUT2D eigenvalue weighted by molar-refractivity contribution is 7.89. The number of sulfonamides is 1. The molecule has 178 valence electrons. The first kappa shape index (κ1) is 25.4. The third-order valence-corrected chi connectivity index (χ3v) is 7.42. The Kier molecular flexibility index (Phi) is 8.09. The van der Waals surface area contributed by atoms with E-state index >= 15 is 0 Å². The maximum absolute atomic E-state index is 13.7. The topological polar surface area (TPSA) is 99.1 Å². The van der Waals surface area contributed by atoms with Crippen LogP contribution in [0.3, 0.4) is 0 Å². The molecule has 0 saturated carbocycles. The summed E-state index contributed by atoms with van der Waals surface area (Å²) in [6, 6.07) is 16.7. The maximum Gasteiger partial charge on any atom is 0.255 e. The summed E-state index contributed by atoms with van der Waals surface area (Å²) in [5.74, 6) is -0.532. The predicted molar refractivity (Wildman–Crippen MR) is 134 cm³/mol. The van der Waals surface area contributed by atoms with Crippen LogP contribution in [0.1, 0.15) is 27.8 Å². The lowest BCUT2D eigenvalue weighted by molar-refractivity contribution is -0.121. The van der Waals surface area contributed by atoms with E-state index in [0.29, 0.717) is 27.3 Å². The smallest absolute Gasteiger partial charge is 0.255 e. The van der Waals surface area contributed by atoms with Gasteiger partial charge in [-0.15, -0.1) is 0 Å². The van der Waals surface area contributed by atoms with Crippen LogP contribution in [0.2, 0.25) is 5.02 Å². The molecule has 0 fully saturated rings. The van der Waals surface area contributed by atoms with Crippen LogP contribution in [0.25, 0.3) is 0 Å². The molecular formula is C25H26ClN3O4S. The number of carbonyl (C=O) groups excluding carboxylic acids is 1. The van der Waals surface area contributed by atoms with Crippen molar-refractivity contribution < 1.29 is 18.3 Å². The number of nitrogens with one attached hydrogen (secondary N) is 1. The minimum Gasteiger partial charge on any atom is -0.508 e. The molecule has 2 N–H and O–H groups in total. The molecule has 9 heteroatoms. The van der Waals surface area contributed by atoms with Gasteiger partial charge in [0.1, 0.15) is 5.75 Å².